The normalized spacial score (nSPS) is 9.50. The maximum atomic E-state index is 3.38. The van der Waals surface area contributed by atoms with Crippen LogP contribution in [0.15, 0.2) is 0 Å². The van der Waals surface area contributed by atoms with E-state index in [0.29, 0.717) is 12.1 Å². The van der Waals surface area contributed by atoms with Gasteiger partial charge < -0.3 is 24.8 Å². The summed E-state index contributed by atoms with van der Waals surface area (Å²) in [6.07, 6.45) is 3.38. The van der Waals surface area contributed by atoms with Crippen LogP contribution in [0, 0.1) is 20.2 Å². The van der Waals surface area contributed by atoms with Crippen LogP contribution in [0.1, 0.15) is 51.2 Å². The van der Waals surface area contributed by atoms with E-state index in [1.807, 2.05) is 0 Å². The van der Waals surface area contributed by atoms with Gasteiger partial charge in [0, 0.05) is 38.3 Å². The smallest absolute Gasteiger partial charge is 0.374 e. The Morgan fingerprint density at radius 2 is 1.50 bits per heavy atom. The third-order valence-electron chi connectivity index (χ3n) is 2.49. The molecule has 0 fully saturated rings. The standard InChI is InChI=1S/C11H20N2.2ClH.Sb/c1-8(2)12-7-13(9(3)4)11(6)10(12)5;;;/h8-9H,1-6H3;2*1H;/q+1;;;/p-2. The van der Waals surface area contributed by atoms with E-state index < -0.39 is 0 Å². The molecule has 0 spiro atoms. The van der Waals surface area contributed by atoms with Gasteiger partial charge in [-0.15, -0.1) is 0 Å². The van der Waals surface area contributed by atoms with Crippen LogP contribution in [0.4, 0.5) is 0 Å². The Labute approximate surface area is 129 Å². The summed E-state index contributed by atoms with van der Waals surface area (Å²) in [6, 6.07) is 0.998. The van der Waals surface area contributed by atoms with Crippen molar-refractivity contribution in [3.05, 3.63) is 17.7 Å². The molecule has 16 heavy (non-hydrogen) atoms. The van der Waals surface area contributed by atoms with Crippen molar-refractivity contribution in [2.24, 2.45) is 0 Å². The zero-order valence-electron chi connectivity index (χ0n) is 10.8. The SMILES string of the molecule is Cc1c(C)[n+](C(C)C)[c]n1C(C)C.[Cl-].[Cl-].[Sb]. The Bertz CT molecular complexity index is 281. The van der Waals surface area contributed by atoms with E-state index in [0.717, 1.165) is 0 Å². The molecule has 1 aromatic heterocycles. The van der Waals surface area contributed by atoms with Crippen LogP contribution in [0.2, 0.25) is 0 Å². The molecule has 0 aliphatic carbocycles. The van der Waals surface area contributed by atoms with Crippen molar-refractivity contribution >= 4 is 24.4 Å². The van der Waals surface area contributed by atoms with E-state index >= 15 is 0 Å². The first-order valence-corrected chi connectivity index (χ1v) is 4.97. The molecule has 4 radical (unpaired) electrons. The van der Waals surface area contributed by atoms with Gasteiger partial charge in [-0.05, 0) is 27.7 Å². The molecule has 0 unspecified atom stereocenters. The van der Waals surface area contributed by atoms with Crippen LogP contribution in [0.5, 0.6) is 0 Å². The fourth-order valence-corrected chi connectivity index (χ4v) is 1.62. The molecular formula is C11H20Cl2N2Sb-. The molecule has 1 heterocycles. The van der Waals surface area contributed by atoms with Gasteiger partial charge in [0.1, 0.15) is 11.4 Å². The van der Waals surface area contributed by atoms with Crippen molar-refractivity contribution in [2.75, 3.05) is 0 Å². The number of aromatic nitrogens is 2. The molecule has 0 aliphatic heterocycles. The summed E-state index contributed by atoms with van der Waals surface area (Å²) in [6.45, 7) is 13.1. The molecule has 5 heteroatoms. The molecular weight excluding hydrogens is 353 g/mol. The van der Waals surface area contributed by atoms with Crippen molar-refractivity contribution in [3.63, 3.8) is 0 Å². The van der Waals surface area contributed by atoms with Crippen LogP contribution >= 0.6 is 0 Å². The number of hydrogen-bond donors (Lipinski definition) is 0. The molecule has 0 atom stereocenters. The summed E-state index contributed by atoms with van der Waals surface area (Å²) < 4.78 is 4.41. The molecule has 0 saturated heterocycles. The molecule has 94 valence electrons. The first-order valence-electron chi connectivity index (χ1n) is 4.97. The monoisotopic (exact) mass is 371 g/mol. The third kappa shape index (κ3) is 4.47. The minimum Gasteiger partial charge on any atom is -1.00 e. The maximum absolute atomic E-state index is 3.38. The molecule has 0 bridgehead atoms. The first kappa shape index (κ1) is 21.8. The van der Waals surface area contributed by atoms with Crippen molar-refractivity contribution in [2.45, 2.75) is 53.6 Å². The zero-order valence-corrected chi connectivity index (χ0v) is 14.8. The molecule has 0 saturated carbocycles. The second kappa shape index (κ2) is 8.66. The quantitative estimate of drug-likeness (QED) is 0.369. The molecule has 1 rings (SSSR count). The van der Waals surface area contributed by atoms with E-state index in [4.69, 9.17) is 0 Å². The summed E-state index contributed by atoms with van der Waals surface area (Å²) in [5, 5.41) is 0. The predicted molar refractivity (Wildman–Crippen MR) is 59.5 cm³/mol. The first-order chi connectivity index (χ1) is 5.95. The van der Waals surface area contributed by atoms with Crippen molar-refractivity contribution in [1.29, 1.82) is 0 Å². The summed E-state index contributed by atoms with van der Waals surface area (Å²) in [5.74, 6) is 0. The van der Waals surface area contributed by atoms with Gasteiger partial charge in [0.15, 0.2) is 0 Å². The van der Waals surface area contributed by atoms with Gasteiger partial charge in [0.25, 0.3) is 0 Å². The molecule has 0 aromatic carbocycles. The fraction of sp³-hybridized carbons (Fsp3) is 0.727. The maximum Gasteiger partial charge on any atom is 0.374 e. The topological polar surface area (TPSA) is 8.81 Å². The van der Waals surface area contributed by atoms with Crippen LogP contribution < -0.4 is 29.4 Å². The number of rotatable bonds is 2. The van der Waals surface area contributed by atoms with Gasteiger partial charge in [0.2, 0.25) is 0 Å². The summed E-state index contributed by atoms with van der Waals surface area (Å²) in [7, 11) is 0. The Kier molecular flexibility index (Phi) is 11.8. The van der Waals surface area contributed by atoms with Gasteiger partial charge in [0.05, 0.1) is 12.1 Å². The van der Waals surface area contributed by atoms with E-state index in [1.165, 1.54) is 11.4 Å². The summed E-state index contributed by atoms with van der Waals surface area (Å²) in [5.41, 5.74) is 2.65. The van der Waals surface area contributed by atoms with Crippen LogP contribution in [-0.2, 0) is 0 Å². The van der Waals surface area contributed by atoms with Crippen LogP contribution in [-0.4, -0.2) is 29.0 Å². The Morgan fingerprint density at radius 3 is 1.69 bits per heavy atom. The Balaban J connectivity index is -0.000000563. The van der Waals surface area contributed by atoms with Crippen molar-refractivity contribution in [1.82, 2.24) is 4.57 Å². The average Bonchev–Trinajstić information content (AvgIpc) is 2.29. The van der Waals surface area contributed by atoms with E-state index in [1.54, 1.807) is 0 Å². The minimum atomic E-state index is 0. The summed E-state index contributed by atoms with van der Waals surface area (Å²) >= 11 is 0. The molecule has 0 amide bonds. The van der Waals surface area contributed by atoms with E-state index in [9.17, 15) is 0 Å². The predicted octanol–water partition coefficient (Wildman–Crippen LogP) is -4.02. The van der Waals surface area contributed by atoms with Crippen molar-refractivity contribution in [3.8, 4) is 0 Å². The molecule has 1 aromatic rings. The van der Waals surface area contributed by atoms with Gasteiger partial charge in [-0.3, -0.25) is 0 Å². The molecule has 0 aliphatic rings. The second-order valence-corrected chi connectivity index (χ2v) is 4.20. The average molecular weight is 373 g/mol. The van der Waals surface area contributed by atoms with Crippen LogP contribution in [0.25, 0.3) is 0 Å². The molecule has 0 N–H and O–H groups in total. The van der Waals surface area contributed by atoms with Gasteiger partial charge in [-0.2, -0.15) is 0 Å². The van der Waals surface area contributed by atoms with E-state index in [-0.39, 0.29) is 49.2 Å². The van der Waals surface area contributed by atoms with Gasteiger partial charge in [-0.25, -0.2) is 9.13 Å². The van der Waals surface area contributed by atoms with Crippen LogP contribution in [0.3, 0.4) is 0 Å². The van der Waals surface area contributed by atoms with E-state index in [2.05, 4.69) is 57.0 Å². The largest absolute Gasteiger partial charge is 1.00 e. The Hall–Kier alpha value is 0.608. The van der Waals surface area contributed by atoms with Crippen molar-refractivity contribution < 1.29 is 29.4 Å². The molecule has 2 nitrogen and oxygen atoms in total. The number of nitrogens with zero attached hydrogens (tertiary/aromatic N) is 2. The number of halogens is 2. The summed E-state index contributed by atoms with van der Waals surface area (Å²) in [4.78, 5) is 0. The zero-order chi connectivity index (χ0) is 10.2. The van der Waals surface area contributed by atoms with Gasteiger partial charge >= 0.3 is 6.33 Å². The Morgan fingerprint density at radius 1 is 1.06 bits per heavy atom. The number of hydrogen-bond acceptors (Lipinski definition) is 0. The fourth-order valence-electron chi connectivity index (χ4n) is 1.62. The number of imidazole rings is 1. The second-order valence-electron chi connectivity index (χ2n) is 4.20. The van der Waals surface area contributed by atoms with Gasteiger partial charge in [-0.1, -0.05) is 0 Å². The third-order valence-corrected chi connectivity index (χ3v) is 2.49. The minimum absolute atomic E-state index is 0.